The molecule has 0 amide bonds. The van der Waals surface area contributed by atoms with Crippen LogP contribution in [0, 0.1) is 12.3 Å². The van der Waals surface area contributed by atoms with E-state index >= 15 is 0 Å². The van der Waals surface area contributed by atoms with E-state index in [1.165, 1.54) is 13.3 Å². The van der Waals surface area contributed by atoms with Gasteiger partial charge in [0.1, 0.15) is 6.61 Å². The van der Waals surface area contributed by atoms with Crippen molar-refractivity contribution in [2.24, 2.45) is 15.9 Å². The van der Waals surface area contributed by atoms with Gasteiger partial charge in [0.05, 0.1) is 13.3 Å². The lowest BCUT2D eigenvalue weighted by Crippen LogP contribution is -2.15. The Balaban J connectivity index is 2.14. The van der Waals surface area contributed by atoms with Crippen molar-refractivity contribution >= 4 is 17.9 Å². The van der Waals surface area contributed by atoms with E-state index in [-0.39, 0.29) is 24.0 Å². The highest BCUT2D eigenvalue weighted by molar-refractivity contribution is 5.99. The Bertz CT molecular complexity index is 775. The van der Waals surface area contributed by atoms with Crippen molar-refractivity contribution in [2.45, 2.75) is 0 Å². The molecule has 2 rings (SSSR count). The van der Waals surface area contributed by atoms with Crippen LogP contribution in [0.4, 0.5) is 5.82 Å². The molecule has 9 nitrogen and oxygen atoms in total. The van der Waals surface area contributed by atoms with Gasteiger partial charge in [0, 0.05) is 0 Å². The van der Waals surface area contributed by atoms with Gasteiger partial charge in [0.2, 0.25) is 0 Å². The van der Waals surface area contributed by atoms with Gasteiger partial charge in [-0.05, 0) is 34.1 Å². The van der Waals surface area contributed by atoms with Crippen molar-refractivity contribution < 1.29 is 14.1 Å². The highest BCUT2D eigenvalue weighted by atomic mass is 16.6. The smallest absolute Gasteiger partial charge is 0.199 e. The minimum Gasteiger partial charge on any atom is -0.493 e. The van der Waals surface area contributed by atoms with E-state index in [4.69, 9.17) is 27.4 Å². The van der Waals surface area contributed by atoms with Gasteiger partial charge in [-0.3, -0.25) is 0 Å². The average molecular weight is 314 g/mol. The van der Waals surface area contributed by atoms with Crippen LogP contribution in [-0.4, -0.2) is 36.1 Å². The maximum atomic E-state index is 5.67. The summed E-state index contributed by atoms with van der Waals surface area (Å²) in [7, 11) is 1.52. The van der Waals surface area contributed by atoms with Gasteiger partial charge < -0.3 is 20.9 Å². The van der Waals surface area contributed by atoms with E-state index in [9.17, 15) is 0 Å². The standard InChI is InChI=1S/C14H14N6O3/c1-3-6-22-10-5-4-9(7-11(10)21-2)8-17-18-13(15)12-14(16)20-23-19-12/h1,4-5,7-8H,6H2,2H3,(H2,15,18)(H2,16,20). The molecule has 0 aliphatic heterocycles. The number of hydrogen-bond acceptors (Lipinski definition) is 8. The third-order valence-corrected chi connectivity index (χ3v) is 2.63. The number of rotatable bonds is 6. The largest absolute Gasteiger partial charge is 0.493 e. The molecule has 23 heavy (non-hydrogen) atoms. The van der Waals surface area contributed by atoms with Gasteiger partial charge >= 0.3 is 0 Å². The zero-order chi connectivity index (χ0) is 16.7. The van der Waals surface area contributed by atoms with Gasteiger partial charge in [-0.15, -0.1) is 11.5 Å². The fraction of sp³-hybridized carbons (Fsp3) is 0.143. The monoisotopic (exact) mass is 314 g/mol. The first kappa shape index (κ1) is 15.8. The Morgan fingerprint density at radius 1 is 1.43 bits per heavy atom. The topological polar surface area (TPSA) is 134 Å². The fourth-order valence-electron chi connectivity index (χ4n) is 1.58. The maximum absolute atomic E-state index is 5.67. The van der Waals surface area contributed by atoms with Crippen LogP contribution in [-0.2, 0) is 0 Å². The van der Waals surface area contributed by atoms with Crippen LogP contribution < -0.4 is 20.9 Å². The predicted octanol–water partition coefficient (Wildman–Crippen LogP) is 0.412. The Kier molecular flexibility index (Phi) is 5.14. The summed E-state index contributed by atoms with van der Waals surface area (Å²) in [5.41, 5.74) is 12.0. The Morgan fingerprint density at radius 2 is 2.26 bits per heavy atom. The van der Waals surface area contributed by atoms with Gasteiger partial charge in [0.25, 0.3) is 0 Å². The summed E-state index contributed by atoms with van der Waals surface area (Å²) in [6.45, 7) is 0.151. The molecule has 0 bridgehead atoms. The number of terminal acetylenes is 1. The molecular formula is C14H14N6O3. The summed E-state index contributed by atoms with van der Waals surface area (Å²) in [4.78, 5) is 0. The molecule has 0 fully saturated rings. The summed E-state index contributed by atoms with van der Waals surface area (Å²) >= 11 is 0. The minimum absolute atomic E-state index is 0.0130. The molecule has 0 spiro atoms. The summed E-state index contributed by atoms with van der Waals surface area (Å²) in [6, 6.07) is 5.19. The first-order chi connectivity index (χ1) is 11.2. The molecule has 0 atom stereocenters. The van der Waals surface area contributed by atoms with Crippen LogP contribution in [0.25, 0.3) is 0 Å². The molecule has 1 heterocycles. The summed E-state index contributed by atoms with van der Waals surface area (Å²) < 4.78 is 15.0. The van der Waals surface area contributed by atoms with Gasteiger partial charge in [0.15, 0.2) is 28.8 Å². The number of nitrogens with zero attached hydrogens (tertiary/aromatic N) is 4. The zero-order valence-corrected chi connectivity index (χ0v) is 12.3. The number of amidine groups is 1. The second-order valence-electron chi connectivity index (χ2n) is 4.13. The number of nitrogens with two attached hydrogens (primary N) is 2. The Morgan fingerprint density at radius 3 is 2.91 bits per heavy atom. The molecule has 0 aliphatic rings. The molecule has 9 heteroatoms. The van der Waals surface area contributed by atoms with Crippen LogP contribution in [0.2, 0.25) is 0 Å². The number of methoxy groups -OCH3 is 1. The highest BCUT2D eigenvalue weighted by Crippen LogP contribution is 2.27. The lowest BCUT2D eigenvalue weighted by Gasteiger charge is -2.08. The van der Waals surface area contributed by atoms with Crippen LogP contribution >= 0.6 is 0 Å². The van der Waals surface area contributed by atoms with Crippen molar-refractivity contribution in [3.8, 4) is 23.8 Å². The molecule has 0 radical (unpaired) electrons. The van der Waals surface area contributed by atoms with Crippen LogP contribution in [0.3, 0.4) is 0 Å². The quantitative estimate of drug-likeness (QED) is 0.341. The molecule has 0 unspecified atom stereocenters. The Labute approximate surface area is 131 Å². The van der Waals surface area contributed by atoms with E-state index in [0.717, 1.165) is 5.56 Å². The number of hydrogen-bond donors (Lipinski definition) is 2. The molecule has 0 saturated heterocycles. The third-order valence-electron chi connectivity index (χ3n) is 2.63. The van der Waals surface area contributed by atoms with E-state index in [1.54, 1.807) is 18.2 Å². The molecule has 2 aromatic rings. The first-order valence-corrected chi connectivity index (χ1v) is 6.35. The van der Waals surface area contributed by atoms with Crippen LogP contribution in [0.15, 0.2) is 33.0 Å². The average Bonchev–Trinajstić information content (AvgIpc) is 2.99. The Hall–Kier alpha value is -3.54. The second-order valence-corrected chi connectivity index (χ2v) is 4.13. The van der Waals surface area contributed by atoms with E-state index in [1.807, 2.05) is 0 Å². The second kappa shape index (κ2) is 7.46. The predicted molar refractivity (Wildman–Crippen MR) is 84.4 cm³/mol. The van der Waals surface area contributed by atoms with E-state index in [0.29, 0.717) is 11.5 Å². The molecule has 4 N–H and O–H groups in total. The van der Waals surface area contributed by atoms with Gasteiger partial charge in [-0.25, -0.2) is 4.63 Å². The number of benzene rings is 1. The van der Waals surface area contributed by atoms with Crippen molar-refractivity contribution in [3.05, 3.63) is 29.5 Å². The zero-order valence-electron chi connectivity index (χ0n) is 12.3. The first-order valence-electron chi connectivity index (χ1n) is 6.35. The van der Waals surface area contributed by atoms with Crippen LogP contribution in [0.5, 0.6) is 11.5 Å². The number of anilines is 1. The van der Waals surface area contributed by atoms with Crippen molar-refractivity contribution in [2.75, 3.05) is 19.5 Å². The number of ether oxygens (including phenoxy) is 2. The minimum atomic E-state index is -0.0130. The van der Waals surface area contributed by atoms with Crippen molar-refractivity contribution in [3.63, 3.8) is 0 Å². The molecular weight excluding hydrogens is 300 g/mol. The number of aromatic nitrogens is 2. The molecule has 118 valence electrons. The lowest BCUT2D eigenvalue weighted by molar-refractivity contribution is 0.308. The SMILES string of the molecule is C#CCOc1ccc(C=NN=C(N)c2nonc2N)cc1OC. The molecule has 0 aliphatic carbocycles. The lowest BCUT2D eigenvalue weighted by atomic mass is 10.2. The summed E-state index contributed by atoms with van der Waals surface area (Å²) in [5.74, 6) is 3.46. The number of nitrogen functional groups attached to an aromatic ring is 1. The highest BCUT2D eigenvalue weighted by Gasteiger charge is 2.10. The summed E-state index contributed by atoms with van der Waals surface area (Å²) in [6.07, 6.45) is 6.63. The van der Waals surface area contributed by atoms with E-state index in [2.05, 4.69) is 31.1 Å². The van der Waals surface area contributed by atoms with Crippen LogP contribution in [0.1, 0.15) is 11.3 Å². The van der Waals surface area contributed by atoms with Gasteiger partial charge in [-0.2, -0.15) is 5.10 Å². The van der Waals surface area contributed by atoms with Gasteiger partial charge in [-0.1, -0.05) is 5.92 Å². The maximum Gasteiger partial charge on any atom is 0.199 e. The van der Waals surface area contributed by atoms with E-state index < -0.39 is 0 Å². The third kappa shape index (κ3) is 3.98. The molecule has 1 aromatic carbocycles. The van der Waals surface area contributed by atoms with Crippen molar-refractivity contribution in [1.82, 2.24) is 10.3 Å². The molecule has 1 aromatic heterocycles. The summed E-state index contributed by atoms with van der Waals surface area (Å²) in [5, 5.41) is 14.5. The normalized spacial score (nSPS) is 11.4. The molecule has 0 saturated carbocycles. The fourth-order valence-corrected chi connectivity index (χ4v) is 1.58. The van der Waals surface area contributed by atoms with Crippen molar-refractivity contribution in [1.29, 1.82) is 0 Å².